The maximum Gasteiger partial charge on any atom is 0.136 e. The Kier molecular flexibility index (Phi) is 8.87. The van der Waals surface area contributed by atoms with Gasteiger partial charge < -0.3 is 18.6 Å². The molecule has 0 N–H and O–H groups in total. The summed E-state index contributed by atoms with van der Waals surface area (Å²) >= 11 is 0. The second-order valence-electron chi connectivity index (χ2n) is 21.8. The van der Waals surface area contributed by atoms with Gasteiger partial charge in [-0.2, -0.15) is 0 Å². The number of aryl methyl sites for hydroxylation is 2. The molecule has 0 radical (unpaired) electrons. The summed E-state index contributed by atoms with van der Waals surface area (Å²) in [6, 6.07) is 75.9. The van der Waals surface area contributed by atoms with Crippen LogP contribution in [0.25, 0.3) is 87.7 Å². The number of furan rings is 2. The molecule has 0 saturated carbocycles. The van der Waals surface area contributed by atoms with E-state index in [9.17, 15) is 0 Å². The van der Waals surface area contributed by atoms with Crippen molar-refractivity contribution < 1.29 is 8.83 Å². The number of benzene rings is 11. The maximum atomic E-state index is 6.83. The summed E-state index contributed by atoms with van der Waals surface area (Å²) in [6.07, 6.45) is 0. The van der Waals surface area contributed by atoms with Gasteiger partial charge in [-0.05, 0) is 165 Å². The van der Waals surface area contributed by atoms with Crippen LogP contribution in [0.15, 0.2) is 215 Å². The fourth-order valence-corrected chi connectivity index (χ4v) is 13.1. The minimum atomic E-state index is -0.110. The molecular weight excluding hydrogens is 901 g/mol. The van der Waals surface area contributed by atoms with Crippen molar-refractivity contribution >= 4 is 99.5 Å². The number of anilines is 6. The number of nitrogens with zero attached hydrogens (tertiary/aromatic N) is 2. The first-order valence-corrected chi connectivity index (χ1v) is 25.9. The van der Waals surface area contributed by atoms with Crippen LogP contribution in [0.5, 0.6) is 0 Å². The van der Waals surface area contributed by atoms with Gasteiger partial charge in [-0.25, -0.2) is 0 Å². The van der Waals surface area contributed by atoms with E-state index in [0.29, 0.717) is 0 Å². The maximum absolute atomic E-state index is 6.83. The van der Waals surface area contributed by atoms with Crippen molar-refractivity contribution in [1.82, 2.24) is 0 Å². The lowest BCUT2D eigenvalue weighted by Gasteiger charge is -2.30. The lowest BCUT2D eigenvalue weighted by atomic mass is 9.82. The van der Waals surface area contributed by atoms with Crippen LogP contribution in [-0.2, 0) is 10.8 Å². The molecule has 2 heterocycles. The van der Waals surface area contributed by atoms with Gasteiger partial charge in [0.05, 0.1) is 11.4 Å². The van der Waals surface area contributed by atoms with Crippen LogP contribution in [0.2, 0.25) is 0 Å². The Morgan fingerprint density at radius 3 is 1.12 bits per heavy atom. The van der Waals surface area contributed by atoms with E-state index in [-0.39, 0.29) is 10.8 Å². The fourth-order valence-electron chi connectivity index (χ4n) is 13.1. The van der Waals surface area contributed by atoms with Gasteiger partial charge in [0.2, 0.25) is 0 Å². The highest BCUT2D eigenvalue weighted by Crippen LogP contribution is 2.56. The molecule has 0 saturated heterocycles. The summed E-state index contributed by atoms with van der Waals surface area (Å²) in [5.74, 6) is 0. The number of fused-ring (bicyclic) bond motifs is 14. The standard InChI is InChI=1S/C70H52N2O2/c1-41-17-7-13-25-59(41)71(61-27-15-23-57-67(61)49-19-9-11-21-55(49)69(57,3)4)47-31-29-43-35-51-53-39-66-54(40-65(53)73-63(51)37-45(43)33-47)52-36-44-30-32-48(34-46(44)38-64(52)74-66)72(60-26-14-8-18-42(60)2)62-28-16-24-58-68(62)50-20-10-12-22-56(50)70(58,5)6/h7-40H,1-6H3. The van der Waals surface area contributed by atoms with Crippen LogP contribution in [-0.4, -0.2) is 0 Å². The van der Waals surface area contributed by atoms with Crippen LogP contribution in [0.3, 0.4) is 0 Å². The van der Waals surface area contributed by atoms with E-state index in [0.717, 1.165) is 88.2 Å². The van der Waals surface area contributed by atoms with Crippen molar-refractivity contribution in [2.24, 2.45) is 0 Å². The molecule has 0 atom stereocenters. The first-order valence-electron chi connectivity index (χ1n) is 25.9. The van der Waals surface area contributed by atoms with Crippen LogP contribution in [0.1, 0.15) is 61.1 Å². The molecule has 2 aliphatic rings. The quantitative estimate of drug-likeness (QED) is 0.166. The van der Waals surface area contributed by atoms with Crippen molar-refractivity contribution in [3.05, 3.63) is 240 Å². The van der Waals surface area contributed by atoms with Crippen LogP contribution < -0.4 is 9.80 Å². The topological polar surface area (TPSA) is 32.8 Å². The third-order valence-electron chi connectivity index (χ3n) is 16.8. The highest BCUT2D eigenvalue weighted by molar-refractivity contribution is 6.18. The third-order valence-corrected chi connectivity index (χ3v) is 16.8. The summed E-state index contributed by atoms with van der Waals surface area (Å²) in [6.45, 7) is 13.8. The Balaban J connectivity index is 0.839. The zero-order valence-corrected chi connectivity index (χ0v) is 42.3. The van der Waals surface area contributed by atoms with E-state index >= 15 is 0 Å². The van der Waals surface area contributed by atoms with E-state index in [2.05, 4.69) is 258 Å². The van der Waals surface area contributed by atoms with Gasteiger partial charge in [0.15, 0.2) is 0 Å². The molecule has 2 aliphatic carbocycles. The van der Waals surface area contributed by atoms with E-state index in [1.54, 1.807) is 0 Å². The zero-order chi connectivity index (χ0) is 49.8. The van der Waals surface area contributed by atoms with Crippen molar-refractivity contribution in [3.63, 3.8) is 0 Å². The number of hydrogen-bond acceptors (Lipinski definition) is 4. The molecule has 4 heteroatoms. The smallest absolute Gasteiger partial charge is 0.136 e. The Labute approximate surface area is 430 Å². The summed E-state index contributed by atoms with van der Waals surface area (Å²) in [7, 11) is 0. The predicted molar refractivity (Wildman–Crippen MR) is 310 cm³/mol. The van der Waals surface area contributed by atoms with E-state index < -0.39 is 0 Å². The summed E-state index contributed by atoms with van der Waals surface area (Å²) in [5, 5.41) is 8.77. The normalized spacial score (nSPS) is 14.0. The minimum absolute atomic E-state index is 0.110. The molecular formula is C70H52N2O2. The van der Waals surface area contributed by atoms with Crippen LogP contribution >= 0.6 is 0 Å². The van der Waals surface area contributed by atoms with Crippen molar-refractivity contribution in [2.45, 2.75) is 52.4 Å². The van der Waals surface area contributed by atoms with E-state index in [1.807, 2.05) is 0 Å². The van der Waals surface area contributed by atoms with E-state index in [4.69, 9.17) is 8.83 Å². The highest BCUT2D eigenvalue weighted by atomic mass is 16.3. The molecule has 0 aliphatic heterocycles. The molecule has 0 amide bonds. The minimum Gasteiger partial charge on any atom is -0.456 e. The molecule has 4 nitrogen and oxygen atoms in total. The Bertz CT molecular complexity index is 4250. The molecule has 74 heavy (non-hydrogen) atoms. The van der Waals surface area contributed by atoms with Gasteiger partial charge >= 0.3 is 0 Å². The van der Waals surface area contributed by atoms with Gasteiger partial charge in [0, 0.05) is 66.3 Å². The molecule has 11 aromatic carbocycles. The van der Waals surface area contributed by atoms with E-state index in [1.165, 1.54) is 67.0 Å². The second kappa shape index (κ2) is 15.3. The van der Waals surface area contributed by atoms with Crippen LogP contribution in [0, 0.1) is 13.8 Å². The summed E-state index contributed by atoms with van der Waals surface area (Å²) in [4.78, 5) is 4.90. The third kappa shape index (κ3) is 6.03. The Morgan fingerprint density at radius 1 is 0.311 bits per heavy atom. The number of rotatable bonds is 6. The molecule has 13 aromatic rings. The van der Waals surface area contributed by atoms with Gasteiger partial charge in [-0.3, -0.25) is 0 Å². The molecule has 0 spiro atoms. The molecule has 0 unspecified atom stereocenters. The molecule has 15 rings (SSSR count). The Morgan fingerprint density at radius 2 is 0.676 bits per heavy atom. The lowest BCUT2D eigenvalue weighted by molar-refractivity contribution is 0.660. The average molecular weight is 953 g/mol. The SMILES string of the molecule is Cc1ccccc1N(c1ccc2cc3c(cc2c1)oc1cc2c(cc13)oc1cc3cc(N(c4ccccc4C)c4cccc5c4-c4ccccc4C5(C)C)ccc3cc12)c1cccc2c1-c1ccccc1C2(C)C. The second-order valence-corrected chi connectivity index (χ2v) is 21.8. The highest BCUT2D eigenvalue weighted by Gasteiger charge is 2.39. The molecule has 0 fully saturated rings. The first-order chi connectivity index (χ1) is 36.0. The number of hydrogen-bond donors (Lipinski definition) is 0. The van der Waals surface area contributed by atoms with Crippen LogP contribution in [0.4, 0.5) is 34.1 Å². The van der Waals surface area contributed by atoms with Gasteiger partial charge in [-0.15, -0.1) is 0 Å². The molecule has 354 valence electrons. The van der Waals surface area contributed by atoms with Crippen molar-refractivity contribution in [3.8, 4) is 22.3 Å². The molecule has 2 aromatic heterocycles. The van der Waals surface area contributed by atoms with Gasteiger partial charge in [0.25, 0.3) is 0 Å². The average Bonchev–Trinajstić information content (AvgIpc) is 4.10. The lowest BCUT2D eigenvalue weighted by Crippen LogP contribution is -2.16. The fraction of sp³-hybridized carbons (Fsp3) is 0.114. The van der Waals surface area contributed by atoms with Gasteiger partial charge in [-0.1, -0.05) is 149 Å². The Hall–Kier alpha value is -8.86. The largest absolute Gasteiger partial charge is 0.456 e. The number of para-hydroxylation sites is 2. The van der Waals surface area contributed by atoms with Crippen molar-refractivity contribution in [2.75, 3.05) is 9.80 Å². The summed E-state index contributed by atoms with van der Waals surface area (Å²) in [5.41, 5.74) is 23.1. The van der Waals surface area contributed by atoms with Crippen molar-refractivity contribution in [1.29, 1.82) is 0 Å². The zero-order valence-electron chi connectivity index (χ0n) is 42.3. The summed E-state index contributed by atoms with van der Waals surface area (Å²) < 4.78 is 13.7. The van der Waals surface area contributed by atoms with Gasteiger partial charge in [0.1, 0.15) is 22.3 Å². The first kappa shape index (κ1) is 42.8. The predicted octanol–water partition coefficient (Wildman–Crippen LogP) is 20.0. The molecule has 0 bridgehead atoms. The monoisotopic (exact) mass is 952 g/mol.